The molecule has 2 amide bonds. The van der Waals surface area contributed by atoms with Gasteiger partial charge >= 0.3 is 0 Å². The summed E-state index contributed by atoms with van der Waals surface area (Å²) in [6.07, 6.45) is 2.89. The lowest BCUT2D eigenvalue weighted by atomic mass is 10.1. The van der Waals surface area contributed by atoms with E-state index >= 15 is 0 Å². The van der Waals surface area contributed by atoms with E-state index in [4.69, 9.17) is 0 Å². The van der Waals surface area contributed by atoms with Gasteiger partial charge in [-0.25, -0.2) is 19.0 Å². The van der Waals surface area contributed by atoms with Crippen molar-refractivity contribution in [1.29, 1.82) is 0 Å². The van der Waals surface area contributed by atoms with Crippen molar-refractivity contribution in [2.75, 3.05) is 11.9 Å². The van der Waals surface area contributed by atoms with E-state index in [-0.39, 0.29) is 28.8 Å². The molecule has 1 N–H and O–H groups in total. The first-order chi connectivity index (χ1) is 15.3. The third kappa shape index (κ3) is 4.25. The van der Waals surface area contributed by atoms with E-state index in [1.807, 2.05) is 0 Å². The maximum Gasteiger partial charge on any atom is 0.274 e. The van der Waals surface area contributed by atoms with Gasteiger partial charge in [0.25, 0.3) is 17.4 Å². The minimum Gasteiger partial charge on any atom is -0.327 e. The number of rotatable bonds is 4. The number of aromatic nitrogens is 4. The molecule has 1 aliphatic heterocycles. The third-order valence-electron chi connectivity index (χ3n) is 5.34. The molecular weight excluding hydrogens is 415 g/mol. The van der Waals surface area contributed by atoms with Crippen molar-refractivity contribution in [1.82, 2.24) is 24.6 Å². The fourth-order valence-corrected chi connectivity index (χ4v) is 3.64. The van der Waals surface area contributed by atoms with Crippen LogP contribution in [0.4, 0.5) is 10.1 Å². The van der Waals surface area contributed by atoms with E-state index < -0.39 is 11.7 Å². The van der Waals surface area contributed by atoms with Gasteiger partial charge in [-0.3, -0.25) is 14.4 Å². The van der Waals surface area contributed by atoms with Crippen LogP contribution in [0.5, 0.6) is 0 Å². The lowest BCUT2D eigenvalue weighted by molar-refractivity contribution is 0.0720. The minimum absolute atomic E-state index is 0.172. The molecule has 0 radical (unpaired) electrons. The Hall–Kier alpha value is -3.95. The predicted octanol–water partition coefficient (Wildman–Crippen LogP) is 2.25. The minimum atomic E-state index is -0.408. The number of benzene rings is 1. The van der Waals surface area contributed by atoms with Crippen LogP contribution in [0.2, 0.25) is 0 Å². The third-order valence-corrected chi connectivity index (χ3v) is 5.34. The highest BCUT2D eigenvalue weighted by atomic mass is 19.1. The summed E-state index contributed by atoms with van der Waals surface area (Å²) in [5.41, 5.74) is 1.08. The molecule has 9 nitrogen and oxygen atoms in total. The zero-order valence-corrected chi connectivity index (χ0v) is 17.6. The molecule has 1 saturated heterocycles. The molecular formula is C22H21FN6O3. The van der Waals surface area contributed by atoms with Gasteiger partial charge in [0.2, 0.25) is 0 Å². The highest BCUT2D eigenvalue weighted by Crippen LogP contribution is 2.31. The fourth-order valence-electron chi connectivity index (χ4n) is 3.64. The van der Waals surface area contributed by atoms with Crippen LogP contribution in [0.25, 0.3) is 0 Å². The van der Waals surface area contributed by atoms with E-state index in [9.17, 15) is 18.8 Å². The van der Waals surface area contributed by atoms with E-state index in [0.717, 1.165) is 11.1 Å². The van der Waals surface area contributed by atoms with Crippen LogP contribution in [-0.4, -0.2) is 43.0 Å². The molecule has 0 spiro atoms. The van der Waals surface area contributed by atoms with E-state index in [1.165, 1.54) is 49.6 Å². The van der Waals surface area contributed by atoms with Gasteiger partial charge in [-0.1, -0.05) is 0 Å². The van der Waals surface area contributed by atoms with Crippen LogP contribution in [0.3, 0.4) is 0 Å². The molecule has 0 saturated carbocycles. The fraction of sp³-hybridized carbons (Fsp3) is 0.273. The van der Waals surface area contributed by atoms with Crippen molar-refractivity contribution in [2.24, 2.45) is 7.05 Å². The first-order valence-corrected chi connectivity index (χ1v) is 10.1. The number of carbonyl (C=O) groups excluding carboxylic acids is 2. The quantitative estimate of drug-likeness (QED) is 0.672. The number of nitrogens with zero attached hydrogens (tertiary/aromatic N) is 5. The summed E-state index contributed by atoms with van der Waals surface area (Å²) in [5, 5.41) is 6.73. The maximum absolute atomic E-state index is 13.1. The summed E-state index contributed by atoms with van der Waals surface area (Å²) in [5.74, 6) is -0.663. The smallest absolute Gasteiger partial charge is 0.274 e. The Labute approximate surface area is 182 Å². The average molecular weight is 436 g/mol. The van der Waals surface area contributed by atoms with E-state index in [2.05, 4.69) is 20.4 Å². The number of likely N-dealkylation sites (tertiary alicyclic amines) is 1. The number of hydrogen-bond donors (Lipinski definition) is 1. The summed E-state index contributed by atoms with van der Waals surface area (Å²) < 4.78 is 14.2. The van der Waals surface area contributed by atoms with Gasteiger partial charge in [0.1, 0.15) is 11.5 Å². The molecule has 32 heavy (non-hydrogen) atoms. The average Bonchev–Trinajstić information content (AvgIpc) is 3.26. The molecule has 1 fully saturated rings. The molecule has 0 unspecified atom stereocenters. The summed E-state index contributed by atoms with van der Waals surface area (Å²) >= 11 is 0. The van der Waals surface area contributed by atoms with E-state index in [1.54, 1.807) is 11.8 Å². The number of nitrogens with one attached hydrogen (secondary N) is 1. The summed E-state index contributed by atoms with van der Waals surface area (Å²) in [6, 6.07) is 7.81. The largest absolute Gasteiger partial charge is 0.327 e. The lowest BCUT2D eigenvalue weighted by Crippen LogP contribution is -2.34. The Bertz CT molecular complexity index is 1240. The predicted molar refractivity (Wildman–Crippen MR) is 114 cm³/mol. The van der Waals surface area contributed by atoms with Crippen molar-refractivity contribution in [2.45, 2.75) is 25.8 Å². The normalized spacial score (nSPS) is 15.6. The van der Waals surface area contributed by atoms with E-state index in [0.29, 0.717) is 30.2 Å². The Morgan fingerprint density at radius 2 is 1.91 bits per heavy atom. The van der Waals surface area contributed by atoms with Crippen molar-refractivity contribution < 1.29 is 14.0 Å². The van der Waals surface area contributed by atoms with Crippen LogP contribution in [0.15, 0.2) is 47.4 Å². The zero-order valence-electron chi connectivity index (χ0n) is 17.6. The Morgan fingerprint density at radius 3 is 2.59 bits per heavy atom. The second-order valence-electron chi connectivity index (χ2n) is 7.53. The van der Waals surface area contributed by atoms with Crippen LogP contribution in [0.1, 0.15) is 51.2 Å². The molecule has 1 aliphatic rings. The molecule has 10 heteroatoms. The Balaban J connectivity index is 1.54. The zero-order chi connectivity index (χ0) is 22.8. The van der Waals surface area contributed by atoms with Crippen LogP contribution in [0, 0.1) is 12.7 Å². The highest BCUT2D eigenvalue weighted by Gasteiger charge is 2.33. The standard InChI is InChI=1S/C22H21FN6O3/c1-13-16(21(31)26-15-7-5-14(23)6-8-15)12-24-20(25-13)18-4-3-11-29(18)22(32)17-9-10-19(30)28(2)27-17/h5-10,12,18H,3-4,11H2,1-2H3,(H,26,31)/t18-/m1/s1. The SMILES string of the molecule is Cc1nc([C@H]2CCCN2C(=O)c2ccc(=O)n(C)n2)ncc1C(=O)Nc1ccc(F)cc1. The first-order valence-electron chi connectivity index (χ1n) is 10.1. The van der Waals surface area contributed by atoms with Gasteiger partial charge in [-0.2, -0.15) is 5.10 Å². The van der Waals surface area contributed by atoms with Crippen molar-refractivity contribution in [3.05, 3.63) is 81.5 Å². The van der Waals surface area contributed by atoms with Gasteiger partial charge in [-0.15, -0.1) is 0 Å². The second-order valence-corrected chi connectivity index (χ2v) is 7.53. The van der Waals surface area contributed by atoms with Gasteiger partial charge in [0, 0.05) is 31.5 Å². The van der Waals surface area contributed by atoms with Gasteiger partial charge in [0.15, 0.2) is 5.82 Å². The molecule has 3 aromatic rings. The molecule has 164 valence electrons. The summed E-state index contributed by atoms with van der Waals surface area (Å²) in [7, 11) is 1.49. The number of anilines is 1. The molecule has 1 atom stereocenters. The first kappa shape index (κ1) is 21.3. The number of aryl methyl sites for hydroxylation is 2. The van der Waals surface area contributed by atoms with Gasteiger partial charge < -0.3 is 10.2 Å². The molecule has 1 aromatic carbocycles. The highest BCUT2D eigenvalue weighted by molar-refractivity contribution is 6.04. The van der Waals surface area contributed by atoms with Crippen LogP contribution < -0.4 is 10.9 Å². The molecule has 4 rings (SSSR count). The molecule has 2 aromatic heterocycles. The Kier molecular flexibility index (Phi) is 5.76. The number of amides is 2. The monoisotopic (exact) mass is 436 g/mol. The van der Waals surface area contributed by atoms with Crippen molar-refractivity contribution in [3.63, 3.8) is 0 Å². The van der Waals surface area contributed by atoms with Crippen molar-refractivity contribution in [3.8, 4) is 0 Å². The number of halogens is 1. The second kappa shape index (κ2) is 8.66. The van der Waals surface area contributed by atoms with Gasteiger partial charge in [-0.05, 0) is 50.1 Å². The summed E-state index contributed by atoms with van der Waals surface area (Å²) in [4.78, 5) is 47.6. The maximum atomic E-state index is 13.1. The number of carbonyl (C=O) groups is 2. The van der Waals surface area contributed by atoms with Crippen LogP contribution >= 0.6 is 0 Å². The molecule has 0 bridgehead atoms. The molecule has 3 heterocycles. The molecule has 0 aliphatic carbocycles. The topological polar surface area (TPSA) is 110 Å². The van der Waals surface area contributed by atoms with Gasteiger partial charge in [0.05, 0.1) is 17.3 Å². The lowest BCUT2D eigenvalue weighted by Gasteiger charge is -2.23. The van der Waals surface area contributed by atoms with Crippen molar-refractivity contribution >= 4 is 17.5 Å². The Morgan fingerprint density at radius 1 is 1.16 bits per heavy atom. The van der Waals surface area contributed by atoms with Crippen LogP contribution in [-0.2, 0) is 7.05 Å². The number of hydrogen-bond acceptors (Lipinski definition) is 6. The summed E-state index contributed by atoms with van der Waals surface area (Å²) in [6.45, 7) is 2.21.